The molecule has 1 aromatic carbocycles. The molecule has 14 heavy (non-hydrogen) atoms. The van der Waals surface area contributed by atoms with E-state index >= 15 is 0 Å². The topological polar surface area (TPSA) is 0 Å². The van der Waals surface area contributed by atoms with Crippen molar-refractivity contribution in [1.29, 1.82) is 0 Å². The molecule has 0 nitrogen and oxygen atoms in total. The maximum atomic E-state index is 2.30. The minimum atomic E-state index is 1.10. The van der Waals surface area contributed by atoms with Gasteiger partial charge in [-0.05, 0) is 49.5 Å². The van der Waals surface area contributed by atoms with E-state index in [1.807, 2.05) is 0 Å². The van der Waals surface area contributed by atoms with Gasteiger partial charge in [0.1, 0.15) is 0 Å². The highest BCUT2D eigenvalue weighted by molar-refractivity contribution is 5.85. The zero-order valence-corrected chi connectivity index (χ0v) is 9.09. The van der Waals surface area contributed by atoms with Gasteiger partial charge in [-0.25, -0.2) is 0 Å². The molecule has 0 bridgehead atoms. The summed E-state index contributed by atoms with van der Waals surface area (Å²) in [4.78, 5) is 0. The van der Waals surface area contributed by atoms with E-state index in [1.54, 1.807) is 0 Å². The summed E-state index contributed by atoms with van der Waals surface area (Å²) in [6.07, 6.45) is 5.55. The molecule has 0 saturated carbocycles. The average molecular weight is 184 g/mol. The minimum Gasteiger partial charge on any atom is -0.0835 e. The van der Waals surface area contributed by atoms with Crippen molar-refractivity contribution in [2.75, 3.05) is 0 Å². The van der Waals surface area contributed by atoms with E-state index in [1.165, 1.54) is 27.8 Å². The van der Waals surface area contributed by atoms with Gasteiger partial charge in [0, 0.05) is 0 Å². The SMILES string of the molecule is C/C=C1/Cc2cc(C)ccc2/C1=C/C. The Hall–Kier alpha value is -1.30. The van der Waals surface area contributed by atoms with Crippen molar-refractivity contribution < 1.29 is 0 Å². The van der Waals surface area contributed by atoms with Crippen LogP contribution < -0.4 is 0 Å². The normalized spacial score (nSPS) is 20.5. The molecule has 2 rings (SSSR count). The molecule has 1 aliphatic carbocycles. The van der Waals surface area contributed by atoms with Crippen LogP contribution in [0.2, 0.25) is 0 Å². The lowest BCUT2D eigenvalue weighted by molar-refractivity contribution is 1.24. The molecule has 0 N–H and O–H groups in total. The highest BCUT2D eigenvalue weighted by atomic mass is 14.2. The van der Waals surface area contributed by atoms with Gasteiger partial charge in [0.2, 0.25) is 0 Å². The first-order chi connectivity index (χ1) is 6.76. The summed E-state index contributed by atoms with van der Waals surface area (Å²) in [5.41, 5.74) is 7.14. The Labute approximate surface area is 86.0 Å². The van der Waals surface area contributed by atoms with Crippen LogP contribution in [-0.2, 0) is 6.42 Å². The van der Waals surface area contributed by atoms with E-state index in [4.69, 9.17) is 0 Å². The van der Waals surface area contributed by atoms with E-state index in [9.17, 15) is 0 Å². The number of rotatable bonds is 0. The van der Waals surface area contributed by atoms with Crippen LogP contribution in [0.3, 0.4) is 0 Å². The third-order valence-electron chi connectivity index (χ3n) is 2.91. The van der Waals surface area contributed by atoms with E-state index in [0.29, 0.717) is 0 Å². The van der Waals surface area contributed by atoms with Crippen LogP contribution in [0.4, 0.5) is 0 Å². The van der Waals surface area contributed by atoms with Gasteiger partial charge in [-0.15, -0.1) is 0 Å². The second-order valence-corrected chi connectivity index (χ2v) is 3.85. The standard InChI is InChI=1S/C14H16/c1-4-11-9-12-8-10(3)6-7-14(12)13(11)5-2/h4-8H,9H2,1-3H3/b11-4-,13-5+. The van der Waals surface area contributed by atoms with Gasteiger partial charge in [-0.3, -0.25) is 0 Å². The summed E-state index contributed by atoms with van der Waals surface area (Å²) < 4.78 is 0. The molecule has 1 aromatic rings. The Morgan fingerprint density at radius 1 is 1.14 bits per heavy atom. The van der Waals surface area contributed by atoms with E-state index < -0.39 is 0 Å². The molecule has 1 aliphatic rings. The minimum absolute atomic E-state index is 1.10. The number of hydrogen-bond acceptors (Lipinski definition) is 0. The van der Waals surface area contributed by atoms with E-state index in [0.717, 1.165) is 6.42 Å². The Morgan fingerprint density at radius 3 is 2.57 bits per heavy atom. The Bertz CT molecular complexity index is 420. The summed E-state index contributed by atoms with van der Waals surface area (Å²) in [6, 6.07) is 6.74. The van der Waals surface area contributed by atoms with Gasteiger partial charge in [-0.1, -0.05) is 35.9 Å². The number of allylic oxidation sites excluding steroid dienone is 4. The smallest absolute Gasteiger partial charge is 0.00167 e. The lowest BCUT2D eigenvalue weighted by Crippen LogP contribution is -1.81. The molecule has 0 unspecified atom stereocenters. The highest BCUT2D eigenvalue weighted by Crippen LogP contribution is 2.36. The van der Waals surface area contributed by atoms with Crippen LogP contribution in [-0.4, -0.2) is 0 Å². The molecule has 72 valence electrons. The van der Waals surface area contributed by atoms with Crippen molar-refractivity contribution in [3.8, 4) is 0 Å². The monoisotopic (exact) mass is 184 g/mol. The van der Waals surface area contributed by atoms with Crippen molar-refractivity contribution in [2.24, 2.45) is 0 Å². The molecular weight excluding hydrogens is 168 g/mol. The molecule has 0 aliphatic heterocycles. The lowest BCUT2D eigenvalue weighted by atomic mass is 10.0. The maximum Gasteiger partial charge on any atom is -0.00167 e. The molecule has 0 heteroatoms. The third-order valence-corrected chi connectivity index (χ3v) is 2.91. The number of aryl methyl sites for hydroxylation is 1. The van der Waals surface area contributed by atoms with Crippen molar-refractivity contribution in [1.82, 2.24) is 0 Å². The summed E-state index contributed by atoms with van der Waals surface area (Å²) in [6.45, 7) is 6.40. The first-order valence-corrected chi connectivity index (χ1v) is 5.18. The molecule has 0 radical (unpaired) electrons. The molecule has 0 aromatic heterocycles. The molecule has 0 atom stereocenters. The van der Waals surface area contributed by atoms with Gasteiger partial charge >= 0.3 is 0 Å². The Morgan fingerprint density at radius 2 is 1.93 bits per heavy atom. The van der Waals surface area contributed by atoms with Crippen molar-refractivity contribution in [3.63, 3.8) is 0 Å². The lowest BCUT2D eigenvalue weighted by Gasteiger charge is -2.01. The van der Waals surface area contributed by atoms with Gasteiger partial charge in [0.05, 0.1) is 0 Å². The zero-order chi connectivity index (χ0) is 10.1. The molecule has 0 spiro atoms. The van der Waals surface area contributed by atoms with Gasteiger partial charge in [0.25, 0.3) is 0 Å². The Kier molecular flexibility index (Phi) is 2.28. The second-order valence-electron chi connectivity index (χ2n) is 3.85. The third kappa shape index (κ3) is 1.31. The summed E-state index contributed by atoms with van der Waals surface area (Å²) in [5.74, 6) is 0. The fraction of sp³-hybridized carbons (Fsp3) is 0.286. The fourth-order valence-corrected chi connectivity index (χ4v) is 2.20. The average Bonchev–Trinajstić information content (AvgIpc) is 2.54. The van der Waals surface area contributed by atoms with Crippen LogP contribution in [0.5, 0.6) is 0 Å². The quantitative estimate of drug-likeness (QED) is 0.573. The second kappa shape index (κ2) is 3.45. The number of fused-ring (bicyclic) bond motifs is 1. The van der Waals surface area contributed by atoms with Crippen LogP contribution >= 0.6 is 0 Å². The summed E-state index contributed by atoms with van der Waals surface area (Å²) in [7, 11) is 0. The van der Waals surface area contributed by atoms with Crippen molar-refractivity contribution in [3.05, 3.63) is 52.6 Å². The summed E-state index contributed by atoms with van der Waals surface area (Å²) in [5, 5.41) is 0. The van der Waals surface area contributed by atoms with Gasteiger partial charge in [-0.2, -0.15) is 0 Å². The van der Waals surface area contributed by atoms with E-state index in [-0.39, 0.29) is 0 Å². The number of hydrogen-bond donors (Lipinski definition) is 0. The Balaban J connectivity index is 2.59. The van der Waals surface area contributed by atoms with Crippen LogP contribution in [0.15, 0.2) is 35.9 Å². The molecule has 0 fully saturated rings. The van der Waals surface area contributed by atoms with E-state index in [2.05, 4.69) is 51.1 Å². The van der Waals surface area contributed by atoms with Gasteiger partial charge in [0.15, 0.2) is 0 Å². The van der Waals surface area contributed by atoms with Crippen LogP contribution in [0.1, 0.15) is 30.5 Å². The first kappa shape index (κ1) is 9.26. The largest absolute Gasteiger partial charge is 0.0835 e. The fourth-order valence-electron chi connectivity index (χ4n) is 2.20. The highest BCUT2D eigenvalue weighted by Gasteiger charge is 2.19. The van der Waals surface area contributed by atoms with Crippen molar-refractivity contribution in [2.45, 2.75) is 27.2 Å². The molecule has 0 amide bonds. The predicted molar refractivity (Wildman–Crippen MR) is 62.3 cm³/mol. The predicted octanol–water partition coefficient (Wildman–Crippen LogP) is 3.90. The van der Waals surface area contributed by atoms with Crippen LogP contribution in [0.25, 0.3) is 5.57 Å². The zero-order valence-electron chi connectivity index (χ0n) is 9.09. The first-order valence-electron chi connectivity index (χ1n) is 5.18. The molecular formula is C14H16. The molecule has 0 heterocycles. The maximum absolute atomic E-state index is 2.30. The summed E-state index contributed by atoms with van der Waals surface area (Å²) >= 11 is 0. The van der Waals surface area contributed by atoms with Crippen LogP contribution in [0, 0.1) is 6.92 Å². The van der Waals surface area contributed by atoms with Gasteiger partial charge < -0.3 is 0 Å². The van der Waals surface area contributed by atoms with Crippen molar-refractivity contribution >= 4 is 5.57 Å². The molecule has 0 saturated heterocycles. The number of benzene rings is 1.